The van der Waals surface area contributed by atoms with Crippen LogP contribution in [0.25, 0.3) is 10.9 Å². The van der Waals surface area contributed by atoms with E-state index in [9.17, 15) is 18.0 Å². The summed E-state index contributed by atoms with van der Waals surface area (Å²) in [5.74, 6) is -0.547. The number of aromatic nitrogens is 1. The van der Waals surface area contributed by atoms with Gasteiger partial charge < -0.3 is 15.0 Å². The Balaban J connectivity index is 1.56. The van der Waals surface area contributed by atoms with Crippen LogP contribution in [0.4, 0.5) is 13.2 Å². The number of rotatable bonds is 6. The molecule has 3 aromatic rings. The third-order valence-electron chi connectivity index (χ3n) is 3.97. The summed E-state index contributed by atoms with van der Waals surface area (Å²) in [5, 5.41) is 3.70. The van der Waals surface area contributed by atoms with Crippen LogP contribution in [-0.2, 0) is 17.8 Å². The van der Waals surface area contributed by atoms with Crippen molar-refractivity contribution in [3.05, 3.63) is 65.9 Å². The number of ether oxygens (including phenoxy) is 1. The van der Waals surface area contributed by atoms with Gasteiger partial charge in [0, 0.05) is 35.6 Å². The Morgan fingerprint density at radius 1 is 1.04 bits per heavy atom. The van der Waals surface area contributed by atoms with Crippen LogP contribution in [0.2, 0.25) is 0 Å². The van der Waals surface area contributed by atoms with Gasteiger partial charge in [-0.1, -0.05) is 36.4 Å². The van der Waals surface area contributed by atoms with Crippen LogP contribution in [-0.4, -0.2) is 17.3 Å². The van der Waals surface area contributed by atoms with Gasteiger partial charge in [0.15, 0.2) is 0 Å². The molecule has 0 aliphatic heterocycles. The molecule has 4 nitrogen and oxygen atoms in total. The molecule has 0 saturated heterocycles. The van der Waals surface area contributed by atoms with E-state index in [1.54, 1.807) is 6.07 Å². The molecular weight excluding hydrogens is 345 g/mol. The normalized spacial score (nSPS) is 11.5. The Bertz CT molecular complexity index is 903. The van der Waals surface area contributed by atoms with Gasteiger partial charge >= 0.3 is 6.36 Å². The van der Waals surface area contributed by atoms with E-state index in [4.69, 9.17) is 0 Å². The summed E-state index contributed by atoms with van der Waals surface area (Å²) in [4.78, 5) is 15.2. The summed E-state index contributed by atoms with van der Waals surface area (Å²) in [6, 6.07) is 13.5. The lowest BCUT2D eigenvalue weighted by Gasteiger charge is -2.13. The van der Waals surface area contributed by atoms with Crippen molar-refractivity contribution in [2.24, 2.45) is 0 Å². The van der Waals surface area contributed by atoms with Crippen LogP contribution in [0, 0.1) is 0 Å². The second-order valence-corrected chi connectivity index (χ2v) is 5.79. The van der Waals surface area contributed by atoms with Crippen LogP contribution in [0.15, 0.2) is 54.7 Å². The Kier molecular flexibility index (Phi) is 5.16. The molecule has 1 heterocycles. The maximum Gasteiger partial charge on any atom is 0.573 e. The second kappa shape index (κ2) is 7.51. The summed E-state index contributed by atoms with van der Waals surface area (Å²) < 4.78 is 41.2. The lowest BCUT2D eigenvalue weighted by atomic mass is 10.1. The predicted molar refractivity (Wildman–Crippen MR) is 91.6 cm³/mol. The van der Waals surface area contributed by atoms with Gasteiger partial charge in [-0.05, 0) is 24.1 Å². The van der Waals surface area contributed by atoms with Crippen LogP contribution < -0.4 is 10.1 Å². The Hall–Kier alpha value is -2.96. The first-order chi connectivity index (χ1) is 12.4. The first-order valence-electron chi connectivity index (χ1n) is 8.08. The molecule has 3 rings (SSSR count). The number of carbonyl (C=O) groups excluding carboxylic acids is 1. The standard InChI is InChI=1S/C19H17F3N2O2/c20-19(21,22)26-17-8-4-1-5-14(17)12-24-18(25)10-9-13-11-23-16-7-3-2-6-15(13)16/h1-8,11,23H,9-10,12H2,(H,24,25). The molecule has 0 fully saturated rings. The van der Waals surface area contributed by atoms with Gasteiger partial charge in [0.25, 0.3) is 0 Å². The highest BCUT2D eigenvalue weighted by molar-refractivity contribution is 5.84. The molecule has 0 aliphatic carbocycles. The summed E-state index contributed by atoms with van der Waals surface area (Å²) in [6.45, 7) is -0.0288. The van der Waals surface area contributed by atoms with Crippen LogP contribution in [0.3, 0.4) is 0 Å². The lowest BCUT2D eigenvalue weighted by Crippen LogP contribution is -2.24. The van der Waals surface area contributed by atoms with Crippen molar-refractivity contribution in [3.63, 3.8) is 0 Å². The van der Waals surface area contributed by atoms with Gasteiger partial charge in [-0.15, -0.1) is 13.2 Å². The van der Waals surface area contributed by atoms with E-state index in [1.807, 2.05) is 30.5 Å². The zero-order chi connectivity index (χ0) is 18.6. The molecule has 7 heteroatoms. The highest BCUT2D eigenvalue weighted by atomic mass is 19.4. The van der Waals surface area contributed by atoms with E-state index in [-0.39, 0.29) is 30.2 Å². The monoisotopic (exact) mass is 362 g/mol. The number of aryl methyl sites for hydroxylation is 1. The van der Waals surface area contributed by atoms with Gasteiger partial charge in [0.2, 0.25) is 5.91 Å². The molecule has 1 aromatic heterocycles. The molecule has 26 heavy (non-hydrogen) atoms. The summed E-state index contributed by atoms with van der Waals surface area (Å²) in [6.07, 6.45) is -2.12. The highest BCUT2D eigenvalue weighted by Crippen LogP contribution is 2.26. The number of carbonyl (C=O) groups is 1. The molecular formula is C19H17F3N2O2. The number of alkyl halides is 3. The molecule has 1 amide bonds. The highest BCUT2D eigenvalue weighted by Gasteiger charge is 2.31. The van der Waals surface area contributed by atoms with E-state index in [2.05, 4.69) is 15.0 Å². The molecule has 136 valence electrons. The summed E-state index contributed by atoms with van der Waals surface area (Å²) in [7, 11) is 0. The Morgan fingerprint density at radius 3 is 2.58 bits per heavy atom. The molecule has 0 bridgehead atoms. The SMILES string of the molecule is O=C(CCc1c[nH]c2ccccc12)NCc1ccccc1OC(F)(F)F. The fourth-order valence-corrected chi connectivity index (χ4v) is 2.74. The van der Waals surface area contributed by atoms with E-state index in [1.165, 1.54) is 18.2 Å². The minimum absolute atomic E-state index is 0.0288. The average Bonchev–Trinajstić information content (AvgIpc) is 3.01. The molecule has 0 unspecified atom stereocenters. The van der Waals surface area contributed by atoms with E-state index in [0.717, 1.165) is 16.5 Å². The number of H-pyrrole nitrogens is 1. The number of benzene rings is 2. The van der Waals surface area contributed by atoms with Crippen molar-refractivity contribution < 1.29 is 22.7 Å². The van der Waals surface area contributed by atoms with Crippen LogP contribution >= 0.6 is 0 Å². The first-order valence-corrected chi connectivity index (χ1v) is 8.08. The van der Waals surface area contributed by atoms with Crippen molar-refractivity contribution >= 4 is 16.8 Å². The number of hydrogen-bond donors (Lipinski definition) is 2. The summed E-state index contributed by atoms with van der Waals surface area (Å²) in [5.41, 5.74) is 2.29. The fraction of sp³-hybridized carbons (Fsp3) is 0.211. The zero-order valence-electron chi connectivity index (χ0n) is 13.8. The molecule has 0 atom stereocenters. The minimum Gasteiger partial charge on any atom is -0.405 e. The third-order valence-corrected chi connectivity index (χ3v) is 3.97. The predicted octanol–water partition coefficient (Wildman–Crippen LogP) is 4.32. The molecule has 2 N–H and O–H groups in total. The van der Waals surface area contributed by atoms with E-state index < -0.39 is 6.36 Å². The smallest absolute Gasteiger partial charge is 0.405 e. The molecule has 0 saturated carbocycles. The van der Waals surface area contributed by atoms with Crippen molar-refractivity contribution in [1.82, 2.24) is 10.3 Å². The topological polar surface area (TPSA) is 54.1 Å². The molecule has 0 radical (unpaired) electrons. The zero-order valence-corrected chi connectivity index (χ0v) is 13.8. The molecule has 0 aliphatic rings. The third kappa shape index (κ3) is 4.56. The van der Waals surface area contributed by atoms with Crippen LogP contribution in [0.5, 0.6) is 5.75 Å². The first kappa shape index (κ1) is 17.8. The quantitative estimate of drug-likeness (QED) is 0.686. The Morgan fingerprint density at radius 2 is 1.77 bits per heavy atom. The van der Waals surface area contributed by atoms with Crippen LogP contribution in [0.1, 0.15) is 17.5 Å². The van der Waals surface area contributed by atoms with Crippen molar-refractivity contribution in [2.75, 3.05) is 0 Å². The lowest BCUT2D eigenvalue weighted by molar-refractivity contribution is -0.274. The Labute approximate surface area is 148 Å². The largest absolute Gasteiger partial charge is 0.573 e. The van der Waals surface area contributed by atoms with Crippen molar-refractivity contribution in [2.45, 2.75) is 25.7 Å². The summed E-state index contributed by atoms with van der Waals surface area (Å²) >= 11 is 0. The number of para-hydroxylation sites is 2. The molecule has 0 spiro atoms. The number of hydrogen-bond acceptors (Lipinski definition) is 2. The number of fused-ring (bicyclic) bond motifs is 1. The van der Waals surface area contributed by atoms with Gasteiger partial charge in [0.1, 0.15) is 5.75 Å². The number of aromatic amines is 1. The van der Waals surface area contributed by atoms with Crippen molar-refractivity contribution in [3.8, 4) is 5.75 Å². The molecule has 2 aromatic carbocycles. The van der Waals surface area contributed by atoms with Gasteiger partial charge in [0.05, 0.1) is 0 Å². The maximum absolute atomic E-state index is 12.4. The van der Waals surface area contributed by atoms with Crippen molar-refractivity contribution in [1.29, 1.82) is 0 Å². The minimum atomic E-state index is -4.77. The number of nitrogens with one attached hydrogen (secondary N) is 2. The van der Waals surface area contributed by atoms with E-state index >= 15 is 0 Å². The van der Waals surface area contributed by atoms with Gasteiger partial charge in [-0.3, -0.25) is 4.79 Å². The number of amides is 1. The number of halogens is 3. The van der Waals surface area contributed by atoms with E-state index in [0.29, 0.717) is 6.42 Å². The average molecular weight is 362 g/mol. The van der Waals surface area contributed by atoms with Gasteiger partial charge in [-0.2, -0.15) is 0 Å². The second-order valence-electron chi connectivity index (χ2n) is 5.79. The maximum atomic E-state index is 12.4. The fourth-order valence-electron chi connectivity index (χ4n) is 2.74. The van der Waals surface area contributed by atoms with Gasteiger partial charge in [-0.25, -0.2) is 0 Å².